The summed E-state index contributed by atoms with van der Waals surface area (Å²) in [6, 6.07) is 21.4. The molecule has 0 heterocycles. The van der Waals surface area contributed by atoms with Crippen LogP contribution in [-0.2, 0) is 16.1 Å². The van der Waals surface area contributed by atoms with Gasteiger partial charge in [-0.15, -0.1) is 0 Å². The summed E-state index contributed by atoms with van der Waals surface area (Å²) in [6.07, 6.45) is -0.993. The van der Waals surface area contributed by atoms with Crippen LogP contribution in [0.15, 0.2) is 78.9 Å². The number of anilines is 1. The van der Waals surface area contributed by atoms with E-state index in [0.717, 1.165) is 5.56 Å². The van der Waals surface area contributed by atoms with Crippen LogP contribution in [0.3, 0.4) is 0 Å². The lowest BCUT2D eigenvalue weighted by molar-refractivity contribution is -0.123. The number of nitrogens with one attached hydrogen (secondary N) is 1. The third-order valence-corrected chi connectivity index (χ3v) is 4.11. The first kappa shape index (κ1) is 20.1. The van der Waals surface area contributed by atoms with Gasteiger partial charge in [-0.3, -0.25) is 4.79 Å². The average molecular weight is 393 g/mol. The van der Waals surface area contributed by atoms with Crippen LogP contribution in [0.1, 0.15) is 22.8 Å². The van der Waals surface area contributed by atoms with E-state index in [4.69, 9.17) is 9.47 Å². The van der Waals surface area contributed by atoms with Crippen LogP contribution >= 0.6 is 0 Å². The smallest absolute Gasteiger partial charge is 0.342 e. The molecule has 0 aromatic heterocycles. The Kier molecular flexibility index (Phi) is 6.58. The summed E-state index contributed by atoms with van der Waals surface area (Å²) in [7, 11) is 0. The van der Waals surface area contributed by atoms with E-state index < -0.39 is 18.0 Å². The molecule has 0 bridgehead atoms. The van der Waals surface area contributed by atoms with Gasteiger partial charge in [0, 0.05) is 5.69 Å². The van der Waals surface area contributed by atoms with Gasteiger partial charge in [-0.25, -0.2) is 9.18 Å². The second-order valence-electron chi connectivity index (χ2n) is 6.31. The first-order valence-electron chi connectivity index (χ1n) is 9.06. The van der Waals surface area contributed by atoms with Crippen LogP contribution in [0.5, 0.6) is 5.75 Å². The summed E-state index contributed by atoms with van der Waals surface area (Å²) < 4.78 is 24.0. The monoisotopic (exact) mass is 393 g/mol. The third kappa shape index (κ3) is 5.65. The standard InChI is InChI=1S/C23H20FNO4/c1-16(22(26)25-19-7-3-2-4-8-19)29-23(27)20-9-5-6-10-21(20)28-15-17-11-13-18(24)14-12-17/h2-14,16H,15H2,1H3,(H,25,26)/t16-/m0/s1. The normalized spacial score (nSPS) is 11.4. The number of ether oxygens (including phenoxy) is 2. The van der Waals surface area contributed by atoms with E-state index in [2.05, 4.69) is 5.32 Å². The first-order chi connectivity index (χ1) is 14.0. The van der Waals surface area contributed by atoms with Gasteiger partial charge in [0.15, 0.2) is 6.10 Å². The zero-order chi connectivity index (χ0) is 20.6. The minimum absolute atomic E-state index is 0.161. The van der Waals surface area contributed by atoms with Crippen molar-refractivity contribution in [3.8, 4) is 5.75 Å². The highest BCUT2D eigenvalue weighted by atomic mass is 19.1. The Balaban J connectivity index is 1.62. The molecule has 6 heteroatoms. The molecule has 0 aliphatic carbocycles. The van der Waals surface area contributed by atoms with Crippen LogP contribution < -0.4 is 10.1 Å². The van der Waals surface area contributed by atoms with Crippen molar-refractivity contribution in [3.63, 3.8) is 0 Å². The zero-order valence-corrected chi connectivity index (χ0v) is 15.8. The number of hydrogen-bond donors (Lipinski definition) is 1. The Morgan fingerprint density at radius 2 is 1.59 bits per heavy atom. The predicted molar refractivity (Wildman–Crippen MR) is 107 cm³/mol. The quantitative estimate of drug-likeness (QED) is 0.597. The van der Waals surface area contributed by atoms with Gasteiger partial charge in [0.2, 0.25) is 0 Å². The minimum Gasteiger partial charge on any atom is -0.488 e. The van der Waals surface area contributed by atoms with E-state index >= 15 is 0 Å². The molecule has 29 heavy (non-hydrogen) atoms. The molecule has 1 amide bonds. The van der Waals surface area contributed by atoms with Crippen LogP contribution in [0.4, 0.5) is 10.1 Å². The predicted octanol–water partition coefficient (Wildman–Crippen LogP) is 4.59. The molecular formula is C23H20FNO4. The number of carbonyl (C=O) groups is 2. The van der Waals surface area contributed by atoms with Gasteiger partial charge >= 0.3 is 5.97 Å². The fourth-order valence-electron chi connectivity index (χ4n) is 2.55. The Bertz CT molecular complexity index is 974. The maximum absolute atomic E-state index is 13.0. The molecule has 3 rings (SSSR count). The molecule has 5 nitrogen and oxygen atoms in total. The molecule has 0 aliphatic heterocycles. The van der Waals surface area contributed by atoms with E-state index in [1.807, 2.05) is 6.07 Å². The molecule has 3 aromatic rings. The topological polar surface area (TPSA) is 64.6 Å². The van der Waals surface area contributed by atoms with Gasteiger partial charge in [-0.05, 0) is 48.9 Å². The van der Waals surface area contributed by atoms with Crippen molar-refractivity contribution in [2.24, 2.45) is 0 Å². The SMILES string of the molecule is C[C@H](OC(=O)c1ccccc1OCc1ccc(F)cc1)C(=O)Nc1ccccc1. The van der Waals surface area contributed by atoms with Crippen molar-refractivity contribution < 1.29 is 23.5 Å². The van der Waals surface area contributed by atoms with E-state index in [1.54, 1.807) is 60.7 Å². The highest BCUT2D eigenvalue weighted by Crippen LogP contribution is 2.21. The summed E-state index contributed by atoms with van der Waals surface area (Å²) in [4.78, 5) is 24.8. The van der Waals surface area contributed by atoms with Gasteiger partial charge in [-0.2, -0.15) is 0 Å². The lowest BCUT2D eigenvalue weighted by atomic mass is 10.2. The summed E-state index contributed by atoms with van der Waals surface area (Å²) in [5, 5.41) is 2.69. The maximum atomic E-state index is 13.0. The van der Waals surface area contributed by atoms with Crippen molar-refractivity contribution >= 4 is 17.6 Å². The number of esters is 1. The highest BCUT2D eigenvalue weighted by Gasteiger charge is 2.21. The molecular weight excluding hydrogens is 373 g/mol. The number of rotatable bonds is 7. The molecule has 0 aliphatic rings. The Morgan fingerprint density at radius 1 is 0.931 bits per heavy atom. The summed E-state index contributed by atoms with van der Waals surface area (Å²) in [6.45, 7) is 1.66. The number of carbonyl (C=O) groups excluding carboxylic acids is 2. The number of para-hydroxylation sites is 2. The first-order valence-corrected chi connectivity index (χ1v) is 9.06. The molecule has 3 aromatic carbocycles. The number of halogens is 1. The summed E-state index contributed by atoms with van der Waals surface area (Å²) in [5.41, 5.74) is 1.57. The largest absolute Gasteiger partial charge is 0.488 e. The molecule has 148 valence electrons. The van der Waals surface area contributed by atoms with Gasteiger partial charge in [0.25, 0.3) is 5.91 Å². The summed E-state index contributed by atoms with van der Waals surface area (Å²) in [5.74, 6) is -1.12. The Labute approximate surface area is 168 Å². The Hall–Kier alpha value is -3.67. The Morgan fingerprint density at radius 3 is 2.31 bits per heavy atom. The molecule has 0 unspecified atom stereocenters. The molecule has 0 spiro atoms. The van der Waals surface area contributed by atoms with Crippen molar-refractivity contribution in [1.82, 2.24) is 0 Å². The third-order valence-electron chi connectivity index (χ3n) is 4.11. The van der Waals surface area contributed by atoms with E-state index in [0.29, 0.717) is 11.4 Å². The lowest BCUT2D eigenvalue weighted by Gasteiger charge is -2.15. The molecule has 0 fully saturated rings. The van der Waals surface area contributed by atoms with E-state index in [9.17, 15) is 14.0 Å². The molecule has 1 N–H and O–H groups in total. The fraction of sp³-hybridized carbons (Fsp3) is 0.130. The molecule has 0 saturated carbocycles. The number of amides is 1. The molecule has 1 atom stereocenters. The highest BCUT2D eigenvalue weighted by molar-refractivity contribution is 5.98. The number of benzene rings is 3. The van der Waals surface area contributed by atoms with Crippen LogP contribution in [0, 0.1) is 5.82 Å². The van der Waals surface area contributed by atoms with Crippen LogP contribution in [0.2, 0.25) is 0 Å². The van der Waals surface area contributed by atoms with E-state index in [1.165, 1.54) is 19.1 Å². The van der Waals surface area contributed by atoms with Gasteiger partial charge in [-0.1, -0.05) is 42.5 Å². The molecule has 0 radical (unpaired) electrons. The van der Waals surface area contributed by atoms with Gasteiger partial charge < -0.3 is 14.8 Å². The lowest BCUT2D eigenvalue weighted by Crippen LogP contribution is -2.30. The molecule has 0 saturated heterocycles. The van der Waals surface area contributed by atoms with Crippen molar-refractivity contribution in [2.75, 3.05) is 5.32 Å². The number of hydrogen-bond acceptors (Lipinski definition) is 4. The van der Waals surface area contributed by atoms with Crippen molar-refractivity contribution in [2.45, 2.75) is 19.6 Å². The second-order valence-corrected chi connectivity index (χ2v) is 6.31. The maximum Gasteiger partial charge on any atom is 0.342 e. The van der Waals surface area contributed by atoms with Crippen molar-refractivity contribution in [1.29, 1.82) is 0 Å². The summed E-state index contributed by atoms with van der Waals surface area (Å²) >= 11 is 0. The van der Waals surface area contributed by atoms with Crippen LogP contribution in [0.25, 0.3) is 0 Å². The minimum atomic E-state index is -0.993. The van der Waals surface area contributed by atoms with Gasteiger partial charge in [0.05, 0.1) is 0 Å². The van der Waals surface area contributed by atoms with E-state index in [-0.39, 0.29) is 18.0 Å². The zero-order valence-electron chi connectivity index (χ0n) is 15.8. The average Bonchev–Trinajstić information content (AvgIpc) is 2.74. The van der Waals surface area contributed by atoms with Crippen molar-refractivity contribution in [3.05, 3.63) is 95.8 Å². The van der Waals surface area contributed by atoms with Gasteiger partial charge in [0.1, 0.15) is 23.7 Å². The van der Waals surface area contributed by atoms with Crippen LogP contribution in [-0.4, -0.2) is 18.0 Å². The fourth-order valence-corrected chi connectivity index (χ4v) is 2.55. The second kappa shape index (κ2) is 9.50.